The molecule has 0 heterocycles. The molecule has 0 aliphatic carbocycles. The molecule has 0 saturated heterocycles. The first-order chi connectivity index (χ1) is 14.7. The molecule has 162 valence electrons. The largest absolute Gasteiger partial charge is 0.462 e. The van der Waals surface area contributed by atoms with Crippen LogP contribution in [0.5, 0.6) is 0 Å². The summed E-state index contributed by atoms with van der Waals surface area (Å²) in [5, 5.41) is 0. The molecule has 0 fully saturated rings. The van der Waals surface area contributed by atoms with Crippen LogP contribution in [0, 0.1) is 11.8 Å². The Morgan fingerprint density at radius 1 is 0.633 bits per heavy atom. The van der Waals surface area contributed by atoms with E-state index in [1.165, 1.54) is 0 Å². The van der Waals surface area contributed by atoms with Crippen LogP contribution in [-0.4, -0.2) is 25.2 Å². The SMILES string of the molecule is CCCC(CCOC(=O)c1ccccc1)C(CCC)CCOC(=O)c1ccccc1. The van der Waals surface area contributed by atoms with E-state index in [-0.39, 0.29) is 11.9 Å². The van der Waals surface area contributed by atoms with E-state index in [0.29, 0.717) is 36.2 Å². The second-order valence-corrected chi connectivity index (χ2v) is 7.68. The Balaban J connectivity index is 1.84. The summed E-state index contributed by atoms with van der Waals surface area (Å²) in [5.74, 6) is 0.368. The molecule has 2 atom stereocenters. The van der Waals surface area contributed by atoms with Gasteiger partial charge in [0.2, 0.25) is 0 Å². The van der Waals surface area contributed by atoms with Crippen molar-refractivity contribution in [1.29, 1.82) is 0 Å². The van der Waals surface area contributed by atoms with Crippen molar-refractivity contribution in [2.45, 2.75) is 52.4 Å². The van der Waals surface area contributed by atoms with Crippen molar-refractivity contribution in [3.05, 3.63) is 71.8 Å². The number of carbonyl (C=O) groups is 2. The predicted molar refractivity (Wildman–Crippen MR) is 119 cm³/mol. The first-order valence-electron chi connectivity index (χ1n) is 11.1. The number of esters is 2. The molecule has 2 aromatic carbocycles. The molecule has 2 unspecified atom stereocenters. The highest BCUT2D eigenvalue weighted by Gasteiger charge is 2.21. The summed E-state index contributed by atoms with van der Waals surface area (Å²) in [6.45, 7) is 5.20. The Bertz CT molecular complexity index is 677. The Morgan fingerprint density at radius 3 is 1.33 bits per heavy atom. The van der Waals surface area contributed by atoms with Crippen LogP contribution in [0.25, 0.3) is 0 Å². The molecule has 0 bridgehead atoms. The average Bonchev–Trinajstić information content (AvgIpc) is 2.79. The summed E-state index contributed by atoms with van der Waals surface area (Å²) in [7, 11) is 0. The first-order valence-corrected chi connectivity index (χ1v) is 11.1. The molecule has 2 aromatic rings. The summed E-state index contributed by atoms with van der Waals surface area (Å²) in [6.07, 6.45) is 6.01. The van der Waals surface area contributed by atoms with Gasteiger partial charge in [0.25, 0.3) is 0 Å². The summed E-state index contributed by atoms with van der Waals surface area (Å²) in [5.41, 5.74) is 1.17. The van der Waals surface area contributed by atoms with Crippen LogP contribution in [0.3, 0.4) is 0 Å². The van der Waals surface area contributed by atoms with E-state index in [2.05, 4.69) is 13.8 Å². The van der Waals surface area contributed by atoms with E-state index in [1.807, 2.05) is 36.4 Å². The number of hydrogen-bond acceptors (Lipinski definition) is 4. The minimum absolute atomic E-state index is 0.269. The monoisotopic (exact) mass is 410 g/mol. The fourth-order valence-corrected chi connectivity index (χ4v) is 3.89. The maximum Gasteiger partial charge on any atom is 0.338 e. The smallest absolute Gasteiger partial charge is 0.338 e. The third kappa shape index (κ3) is 8.02. The third-order valence-corrected chi connectivity index (χ3v) is 5.45. The molecule has 0 spiro atoms. The lowest BCUT2D eigenvalue weighted by Gasteiger charge is -2.27. The lowest BCUT2D eigenvalue weighted by molar-refractivity contribution is 0.0407. The predicted octanol–water partition coefficient (Wildman–Crippen LogP) is 6.31. The minimum Gasteiger partial charge on any atom is -0.462 e. The van der Waals surface area contributed by atoms with Crippen LogP contribution in [0.2, 0.25) is 0 Å². The van der Waals surface area contributed by atoms with E-state index in [4.69, 9.17) is 9.47 Å². The van der Waals surface area contributed by atoms with Crippen molar-refractivity contribution < 1.29 is 19.1 Å². The van der Waals surface area contributed by atoms with Gasteiger partial charge in [0.15, 0.2) is 0 Å². The van der Waals surface area contributed by atoms with Gasteiger partial charge in [-0.1, -0.05) is 75.9 Å². The van der Waals surface area contributed by atoms with Crippen molar-refractivity contribution in [3.63, 3.8) is 0 Å². The van der Waals surface area contributed by atoms with Gasteiger partial charge in [-0.25, -0.2) is 9.59 Å². The maximum atomic E-state index is 12.2. The molecule has 0 radical (unpaired) electrons. The van der Waals surface area contributed by atoms with Gasteiger partial charge in [-0.3, -0.25) is 0 Å². The first kappa shape index (κ1) is 23.7. The van der Waals surface area contributed by atoms with Gasteiger partial charge >= 0.3 is 11.9 Å². The van der Waals surface area contributed by atoms with E-state index in [9.17, 15) is 9.59 Å². The van der Waals surface area contributed by atoms with E-state index < -0.39 is 0 Å². The second kappa shape index (κ2) is 13.6. The molecule has 2 rings (SSSR count). The van der Waals surface area contributed by atoms with Crippen LogP contribution in [0.1, 0.15) is 73.1 Å². The van der Waals surface area contributed by atoms with Gasteiger partial charge in [0, 0.05) is 0 Å². The number of rotatable bonds is 13. The van der Waals surface area contributed by atoms with Gasteiger partial charge < -0.3 is 9.47 Å². The van der Waals surface area contributed by atoms with Gasteiger partial charge in [-0.2, -0.15) is 0 Å². The van der Waals surface area contributed by atoms with Crippen molar-refractivity contribution in [2.24, 2.45) is 11.8 Å². The van der Waals surface area contributed by atoms with E-state index in [0.717, 1.165) is 38.5 Å². The molecule has 0 amide bonds. The topological polar surface area (TPSA) is 52.6 Å². The Morgan fingerprint density at radius 2 is 1.00 bits per heavy atom. The van der Waals surface area contributed by atoms with Crippen molar-refractivity contribution >= 4 is 11.9 Å². The molecule has 0 aliphatic rings. The maximum absolute atomic E-state index is 12.2. The zero-order valence-corrected chi connectivity index (χ0v) is 18.2. The van der Waals surface area contributed by atoms with Crippen LogP contribution >= 0.6 is 0 Å². The quantitative estimate of drug-likeness (QED) is 0.363. The van der Waals surface area contributed by atoms with Crippen LogP contribution < -0.4 is 0 Å². The van der Waals surface area contributed by atoms with Gasteiger partial charge in [-0.15, -0.1) is 0 Å². The molecule has 4 nitrogen and oxygen atoms in total. The Kier molecular flexibility index (Phi) is 10.7. The normalized spacial score (nSPS) is 12.7. The molecule has 0 N–H and O–H groups in total. The van der Waals surface area contributed by atoms with Gasteiger partial charge in [0.05, 0.1) is 24.3 Å². The van der Waals surface area contributed by atoms with E-state index >= 15 is 0 Å². The standard InChI is InChI=1S/C26H34O4/c1-3-11-21(17-19-29-25(27)23-13-7-5-8-14-23)22(12-4-2)18-20-30-26(28)24-15-9-6-10-16-24/h5-10,13-16,21-22H,3-4,11-12,17-20H2,1-2H3. The highest BCUT2D eigenvalue weighted by molar-refractivity contribution is 5.89. The molecular weight excluding hydrogens is 376 g/mol. The lowest BCUT2D eigenvalue weighted by Crippen LogP contribution is -2.21. The average molecular weight is 411 g/mol. The number of ether oxygens (including phenoxy) is 2. The second-order valence-electron chi connectivity index (χ2n) is 7.68. The van der Waals surface area contributed by atoms with Gasteiger partial charge in [-0.05, 0) is 48.9 Å². The zero-order valence-electron chi connectivity index (χ0n) is 18.2. The summed E-state index contributed by atoms with van der Waals surface area (Å²) < 4.78 is 11.0. The fourth-order valence-electron chi connectivity index (χ4n) is 3.89. The van der Waals surface area contributed by atoms with Crippen molar-refractivity contribution in [3.8, 4) is 0 Å². The highest BCUT2D eigenvalue weighted by Crippen LogP contribution is 2.29. The molecule has 4 heteroatoms. The summed E-state index contributed by atoms with van der Waals surface area (Å²) >= 11 is 0. The number of benzene rings is 2. The molecule has 0 aliphatic heterocycles. The minimum atomic E-state index is -0.269. The molecule has 0 saturated carbocycles. The number of hydrogen-bond donors (Lipinski definition) is 0. The van der Waals surface area contributed by atoms with Crippen molar-refractivity contribution in [2.75, 3.05) is 13.2 Å². The third-order valence-electron chi connectivity index (χ3n) is 5.45. The zero-order chi connectivity index (χ0) is 21.6. The molecule has 0 aromatic heterocycles. The highest BCUT2D eigenvalue weighted by atomic mass is 16.5. The summed E-state index contributed by atoms with van der Waals surface area (Å²) in [6, 6.07) is 18.2. The van der Waals surface area contributed by atoms with Crippen molar-refractivity contribution in [1.82, 2.24) is 0 Å². The molecule has 30 heavy (non-hydrogen) atoms. The fraction of sp³-hybridized carbons (Fsp3) is 0.462. The Hall–Kier alpha value is -2.62. The lowest BCUT2D eigenvalue weighted by atomic mass is 9.81. The van der Waals surface area contributed by atoms with Crippen LogP contribution in [0.15, 0.2) is 60.7 Å². The molecular formula is C26H34O4. The van der Waals surface area contributed by atoms with Gasteiger partial charge in [0.1, 0.15) is 0 Å². The van der Waals surface area contributed by atoms with E-state index in [1.54, 1.807) is 24.3 Å². The van der Waals surface area contributed by atoms with Crippen LogP contribution in [0.4, 0.5) is 0 Å². The summed E-state index contributed by atoms with van der Waals surface area (Å²) in [4.78, 5) is 24.4. The Labute approximate surface area is 180 Å². The van der Waals surface area contributed by atoms with Crippen LogP contribution in [-0.2, 0) is 9.47 Å². The number of carbonyl (C=O) groups excluding carboxylic acids is 2.